The van der Waals surface area contributed by atoms with Gasteiger partial charge in [-0.05, 0) is 30.7 Å². The number of para-hydroxylation sites is 1. The molecule has 0 amide bonds. The molecule has 0 aliphatic heterocycles. The number of rotatable bonds is 4. The zero-order valence-electron chi connectivity index (χ0n) is 13.4. The fourth-order valence-electron chi connectivity index (χ4n) is 3.03. The first-order valence-electron chi connectivity index (χ1n) is 8.00. The number of aliphatic hydroxyl groups is 1. The van der Waals surface area contributed by atoms with E-state index in [0.717, 1.165) is 16.6 Å². The third kappa shape index (κ3) is 2.41. The molecule has 1 N–H and O–H groups in total. The van der Waals surface area contributed by atoms with Crippen LogP contribution >= 0.6 is 0 Å². The summed E-state index contributed by atoms with van der Waals surface area (Å²) in [5.74, 6) is 1.22. The molecule has 1 atom stereocenters. The van der Waals surface area contributed by atoms with Crippen LogP contribution < -0.4 is 0 Å². The van der Waals surface area contributed by atoms with E-state index < -0.39 is 0 Å². The van der Waals surface area contributed by atoms with Gasteiger partial charge in [0.1, 0.15) is 18.1 Å². The topological polar surface area (TPSA) is 51.2 Å². The molecule has 0 saturated carbocycles. The fraction of sp³-hybridized carbons (Fsp3) is 0.150. The lowest BCUT2D eigenvalue weighted by atomic mass is 10.1. The number of hydrogen-bond donors (Lipinski definition) is 1. The first-order valence-corrected chi connectivity index (χ1v) is 8.00. The number of aromatic nitrogens is 2. The molecule has 24 heavy (non-hydrogen) atoms. The zero-order chi connectivity index (χ0) is 16.5. The van der Waals surface area contributed by atoms with E-state index in [2.05, 4.69) is 25.1 Å². The summed E-state index contributed by atoms with van der Waals surface area (Å²) in [6.45, 7) is 2.03. The molecule has 0 aliphatic rings. The lowest BCUT2D eigenvalue weighted by Crippen LogP contribution is -2.08. The van der Waals surface area contributed by atoms with E-state index in [-0.39, 0.29) is 12.6 Å². The number of hydrogen-bond acceptors (Lipinski definition) is 3. The van der Waals surface area contributed by atoms with Crippen molar-refractivity contribution in [3.63, 3.8) is 0 Å². The van der Waals surface area contributed by atoms with Crippen LogP contribution in [0.5, 0.6) is 0 Å². The Morgan fingerprint density at radius 1 is 1.00 bits per heavy atom. The van der Waals surface area contributed by atoms with Gasteiger partial charge >= 0.3 is 0 Å². The lowest BCUT2D eigenvalue weighted by molar-refractivity contribution is 0.248. The van der Waals surface area contributed by atoms with E-state index in [0.29, 0.717) is 11.5 Å². The van der Waals surface area contributed by atoms with Crippen molar-refractivity contribution in [3.8, 4) is 11.5 Å². The maximum atomic E-state index is 9.23. The molecule has 0 aliphatic carbocycles. The SMILES string of the molecule is CC(c1ccccc1)n1nc(-c2ccc(CO)o2)c2ccccc21. The molecule has 0 spiro atoms. The van der Waals surface area contributed by atoms with E-state index in [1.54, 1.807) is 6.07 Å². The van der Waals surface area contributed by atoms with Gasteiger partial charge in [0.2, 0.25) is 0 Å². The van der Waals surface area contributed by atoms with Gasteiger partial charge in [0.05, 0.1) is 11.6 Å². The van der Waals surface area contributed by atoms with Crippen molar-refractivity contribution < 1.29 is 9.52 Å². The summed E-state index contributed by atoms with van der Waals surface area (Å²) in [5.41, 5.74) is 3.06. The third-order valence-corrected chi connectivity index (χ3v) is 4.31. The summed E-state index contributed by atoms with van der Waals surface area (Å²) in [5, 5.41) is 15.1. The van der Waals surface area contributed by atoms with E-state index in [1.165, 1.54) is 5.56 Å². The molecule has 4 heteroatoms. The fourth-order valence-corrected chi connectivity index (χ4v) is 3.03. The minimum absolute atomic E-state index is 0.108. The van der Waals surface area contributed by atoms with Crippen LogP contribution in [0.3, 0.4) is 0 Å². The van der Waals surface area contributed by atoms with Crippen molar-refractivity contribution in [1.29, 1.82) is 0 Å². The first kappa shape index (κ1) is 14.7. The second-order valence-corrected chi connectivity index (χ2v) is 5.82. The highest BCUT2D eigenvalue weighted by molar-refractivity contribution is 5.92. The van der Waals surface area contributed by atoms with Gasteiger partial charge in [0.25, 0.3) is 0 Å². The summed E-state index contributed by atoms with van der Waals surface area (Å²) in [6.07, 6.45) is 0. The van der Waals surface area contributed by atoms with E-state index in [1.807, 2.05) is 47.1 Å². The molecule has 4 rings (SSSR count). The zero-order valence-corrected chi connectivity index (χ0v) is 13.4. The quantitative estimate of drug-likeness (QED) is 0.607. The molecule has 0 bridgehead atoms. The largest absolute Gasteiger partial charge is 0.457 e. The molecular weight excluding hydrogens is 300 g/mol. The summed E-state index contributed by atoms with van der Waals surface area (Å²) in [7, 11) is 0. The van der Waals surface area contributed by atoms with Gasteiger partial charge in [-0.15, -0.1) is 0 Å². The number of aliphatic hydroxyl groups excluding tert-OH is 1. The van der Waals surface area contributed by atoms with E-state index in [9.17, 15) is 5.11 Å². The monoisotopic (exact) mass is 318 g/mol. The molecular formula is C20H18N2O2. The molecule has 0 saturated heterocycles. The van der Waals surface area contributed by atoms with Gasteiger partial charge in [-0.1, -0.05) is 48.5 Å². The molecule has 1 unspecified atom stereocenters. The van der Waals surface area contributed by atoms with Crippen LogP contribution in [-0.2, 0) is 6.61 Å². The van der Waals surface area contributed by atoms with Crippen LogP contribution in [0.2, 0.25) is 0 Å². The van der Waals surface area contributed by atoms with Crippen molar-refractivity contribution in [2.45, 2.75) is 19.6 Å². The van der Waals surface area contributed by atoms with Crippen LogP contribution in [0.1, 0.15) is 24.3 Å². The predicted octanol–water partition coefficient (Wildman–Crippen LogP) is 4.40. The highest BCUT2D eigenvalue weighted by Crippen LogP contribution is 2.32. The Labute approximate surface area is 140 Å². The number of furan rings is 1. The Morgan fingerprint density at radius 2 is 1.75 bits per heavy atom. The average Bonchev–Trinajstić information content (AvgIpc) is 3.26. The Morgan fingerprint density at radius 3 is 2.50 bits per heavy atom. The third-order valence-electron chi connectivity index (χ3n) is 4.31. The second kappa shape index (κ2) is 5.98. The maximum absolute atomic E-state index is 9.23. The summed E-state index contributed by atoms with van der Waals surface area (Å²) in [4.78, 5) is 0. The minimum Gasteiger partial charge on any atom is -0.457 e. The van der Waals surface area contributed by atoms with E-state index >= 15 is 0 Å². The van der Waals surface area contributed by atoms with Gasteiger partial charge < -0.3 is 9.52 Å². The highest BCUT2D eigenvalue weighted by Gasteiger charge is 2.18. The molecule has 4 nitrogen and oxygen atoms in total. The summed E-state index contributed by atoms with van der Waals surface area (Å²) < 4.78 is 7.73. The number of nitrogens with zero attached hydrogens (tertiary/aromatic N) is 2. The smallest absolute Gasteiger partial charge is 0.155 e. The number of benzene rings is 2. The predicted molar refractivity (Wildman–Crippen MR) is 93.6 cm³/mol. The normalized spacial score (nSPS) is 12.6. The Kier molecular flexibility index (Phi) is 3.67. The van der Waals surface area contributed by atoms with Crippen molar-refractivity contribution in [2.24, 2.45) is 0 Å². The average molecular weight is 318 g/mol. The second-order valence-electron chi connectivity index (χ2n) is 5.82. The van der Waals surface area contributed by atoms with Crippen LogP contribution in [0.25, 0.3) is 22.4 Å². The van der Waals surface area contributed by atoms with Crippen LogP contribution in [0.4, 0.5) is 0 Å². The molecule has 0 fully saturated rings. The van der Waals surface area contributed by atoms with Gasteiger partial charge in [0, 0.05) is 5.39 Å². The van der Waals surface area contributed by atoms with Crippen LogP contribution in [0, 0.1) is 0 Å². The molecule has 2 aromatic heterocycles. The Bertz CT molecular complexity index is 970. The van der Waals surface area contributed by atoms with Crippen LogP contribution in [0.15, 0.2) is 71.1 Å². The maximum Gasteiger partial charge on any atom is 0.155 e. The lowest BCUT2D eigenvalue weighted by Gasteiger charge is -2.13. The van der Waals surface area contributed by atoms with Crippen molar-refractivity contribution in [1.82, 2.24) is 9.78 Å². The van der Waals surface area contributed by atoms with Crippen molar-refractivity contribution in [3.05, 3.63) is 78.1 Å². The Hall–Kier alpha value is -2.85. The van der Waals surface area contributed by atoms with Crippen LogP contribution in [-0.4, -0.2) is 14.9 Å². The molecule has 0 radical (unpaired) electrons. The van der Waals surface area contributed by atoms with Gasteiger partial charge in [-0.25, -0.2) is 0 Å². The minimum atomic E-state index is -0.112. The van der Waals surface area contributed by atoms with Gasteiger partial charge in [-0.2, -0.15) is 5.10 Å². The highest BCUT2D eigenvalue weighted by atomic mass is 16.4. The molecule has 4 aromatic rings. The van der Waals surface area contributed by atoms with E-state index in [4.69, 9.17) is 9.52 Å². The first-order chi connectivity index (χ1) is 11.8. The number of fused-ring (bicyclic) bond motifs is 1. The van der Waals surface area contributed by atoms with Gasteiger partial charge in [0.15, 0.2) is 5.76 Å². The standard InChI is InChI=1S/C20H18N2O2/c1-14(15-7-3-2-4-8-15)22-18-10-6-5-9-17(18)20(21-22)19-12-11-16(13-23)24-19/h2-12,14,23H,13H2,1H3. The molecule has 120 valence electrons. The van der Waals surface area contributed by atoms with Crippen molar-refractivity contribution >= 4 is 10.9 Å². The van der Waals surface area contributed by atoms with Gasteiger partial charge in [-0.3, -0.25) is 4.68 Å². The Balaban J connectivity index is 1.88. The molecule has 2 heterocycles. The van der Waals surface area contributed by atoms with Crippen molar-refractivity contribution in [2.75, 3.05) is 0 Å². The summed E-state index contributed by atoms with van der Waals surface area (Å²) in [6, 6.07) is 22.2. The molecule has 2 aromatic carbocycles. The summed E-state index contributed by atoms with van der Waals surface area (Å²) >= 11 is 0.